The summed E-state index contributed by atoms with van der Waals surface area (Å²) in [5.74, 6) is 0.760. The van der Waals surface area contributed by atoms with Crippen LogP contribution < -0.4 is 10.2 Å². The van der Waals surface area contributed by atoms with Gasteiger partial charge >= 0.3 is 0 Å². The van der Waals surface area contributed by atoms with E-state index < -0.39 is 0 Å². The molecular weight excluding hydrogens is 212 g/mol. The second kappa shape index (κ2) is 4.83. The molecule has 0 amide bonds. The fourth-order valence-corrected chi connectivity index (χ4v) is 1.89. The molecule has 2 heteroatoms. The maximum atomic E-state index is 11.9. The van der Waals surface area contributed by atoms with Gasteiger partial charge < -0.3 is 4.74 Å². The largest absolute Gasteiger partial charge is 0.496 e. The Kier molecular flexibility index (Phi) is 3.24. The molecule has 0 aliphatic rings. The Morgan fingerprint density at radius 3 is 2.35 bits per heavy atom. The van der Waals surface area contributed by atoms with Crippen LogP contribution in [0.1, 0.15) is 5.56 Å². The average molecular weight is 226 g/mol. The zero-order valence-corrected chi connectivity index (χ0v) is 9.94. The number of rotatable bonds is 2. The highest BCUT2D eigenvalue weighted by Crippen LogP contribution is 2.30. The smallest absolute Gasteiger partial charge is 0.186 e. The molecule has 2 rings (SSSR count). The van der Waals surface area contributed by atoms with Crippen molar-refractivity contribution in [3.63, 3.8) is 0 Å². The first-order valence-electron chi connectivity index (χ1n) is 5.47. The minimum Gasteiger partial charge on any atom is -0.496 e. The molecule has 0 aliphatic carbocycles. The van der Waals surface area contributed by atoms with Crippen molar-refractivity contribution in [2.75, 3.05) is 7.11 Å². The summed E-state index contributed by atoms with van der Waals surface area (Å²) in [5.41, 5.74) is 2.53. The standard InChI is InChI=1S/C15H14O2/c1-11-7-6-9-13(15(11)17-2)12-8-4-3-5-10-14(12)16/h3-10H,1-2H3. The van der Waals surface area contributed by atoms with Crippen molar-refractivity contribution in [2.24, 2.45) is 0 Å². The molecule has 0 bridgehead atoms. The van der Waals surface area contributed by atoms with Crippen LogP contribution in [0.15, 0.2) is 53.3 Å². The van der Waals surface area contributed by atoms with Gasteiger partial charge in [-0.1, -0.05) is 42.5 Å². The van der Waals surface area contributed by atoms with E-state index in [1.165, 1.54) is 0 Å². The number of hydrogen-bond donors (Lipinski definition) is 0. The number of para-hydroxylation sites is 1. The van der Waals surface area contributed by atoms with Crippen LogP contribution in [-0.4, -0.2) is 7.11 Å². The molecule has 0 saturated carbocycles. The van der Waals surface area contributed by atoms with Crippen molar-refractivity contribution in [1.82, 2.24) is 0 Å². The van der Waals surface area contributed by atoms with Gasteiger partial charge in [-0.3, -0.25) is 4.79 Å². The maximum Gasteiger partial charge on any atom is 0.186 e. The van der Waals surface area contributed by atoms with Gasteiger partial charge in [-0.2, -0.15) is 0 Å². The van der Waals surface area contributed by atoms with Crippen molar-refractivity contribution in [3.05, 3.63) is 64.3 Å². The summed E-state index contributed by atoms with van der Waals surface area (Å²) in [6.07, 6.45) is 0. The fourth-order valence-electron chi connectivity index (χ4n) is 1.89. The molecule has 17 heavy (non-hydrogen) atoms. The monoisotopic (exact) mass is 226 g/mol. The van der Waals surface area contributed by atoms with Gasteiger partial charge in [-0.15, -0.1) is 0 Å². The SMILES string of the molecule is COc1c(C)cccc1-c1cccccc1=O. The number of hydrogen-bond acceptors (Lipinski definition) is 2. The van der Waals surface area contributed by atoms with Crippen LogP contribution in [-0.2, 0) is 0 Å². The molecule has 0 N–H and O–H groups in total. The highest BCUT2D eigenvalue weighted by Gasteiger charge is 2.09. The minimum absolute atomic E-state index is 0.00102. The molecule has 0 unspecified atom stereocenters. The number of ether oxygens (including phenoxy) is 1. The maximum absolute atomic E-state index is 11.9. The topological polar surface area (TPSA) is 26.3 Å². The highest BCUT2D eigenvalue weighted by atomic mass is 16.5. The first kappa shape index (κ1) is 11.4. The van der Waals surface area contributed by atoms with Crippen LogP contribution in [0.5, 0.6) is 5.75 Å². The fraction of sp³-hybridized carbons (Fsp3) is 0.133. The Morgan fingerprint density at radius 2 is 1.59 bits per heavy atom. The highest BCUT2D eigenvalue weighted by molar-refractivity contribution is 5.71. The molecule has 0 radical (unpaired) electrons. The van der Waals surface area contributed by atoms with Crippen LogP contribution in [0, 0.1) is 6.92 Å². The van der Waals surface area contributed by atoms with Crippen molar-refractivity contribution < 1.29 is 4.74 Å². The van der Waals surface area contributed by atoms with Gasteiger partial charge in [-0.25, -0.2) is 0 Å². The molecule has 2 nitrogen and oxygen atoms in total. The Balaban J connectivity index is 2.74. The molecule has 2 aromatic carbocycles. The molecule has 0 spiro atoms. The Morgan fingerprint density at radius 1 is 0.882 bits per heavy atom. The number of aryl methyl sites for hydroxylation is 1. The summed E-state index contributed by atoms with van der Waals surface area (Å²) in [7, 11) is 1.62. The van der Waals surface area contributed by atoms with E-state index in [-0.39, 0.29) is 5.43 Å². The molecule has 0 heterocycles. The Bertz CT molecular complexity index is 588. The normalized spacial score (nSPS) is 10.0. The van der Waals surface area contributed by atoms with Crippen LogP contribution >= 0.6 is 0 Å². The third-order valence-electron chi connectivity index (χ3n) is 2.70. The third kappa shape index (κ3) is 2.21. The second-order valence-corrected chi connectivity index (χ2v) is 3.84. The van der Waals surface area contributed by atoms with Crippen LogP contribution in [0.2, 0.25) is 0 Å². The van der Waals surface area contributed by atoms with Gasteiger partial charge in [0.2, 0.25) is 0 Å². The summed E-state index contributed by atoms with van der Waals surface area (Å²) < 4.78 is 5.38. The zero-order valence-electron chi connectivity index (χ0n) is 9.94. The molecule has 0 saturated heterocycles. The lowest BCUT2D eigenvalue weighted by Gasteiger charge is -2.09. The van der Waals surface area contributed by atoms with E-state index in [0.29, 0.717) is 5.56 Å². The number of methoxy groups -OCH3 is 1. The summed E-state index contributed by atoms with van der Waals surface area (Å²) in [6.45, 7) is 1.97. The van der Waals surface area contributed by atoms with Gasteiger partial charge in [0, 0.05) is 11.1 Å². The van der Waals surface area contributed by atoms with Crippen LogP contribution in [0.4, 0.5) is 0 Å². The molecular formula is C15H14O2. The first-order valence-corrected chi connectivity index (χ1v) is 5.47. The molecule has 0 aromatic heterocycles. The lowest BCUT2D eigenvalue weighted by Crippen LogP contribution is -2.01. The van der Waals surface area contributed by atoms with Gasteiger partial charge in [0.25, 0.3) is 0 Å². The number of benzene rings is 1. The van der Waals surface area contributed by atoms with Crippen LogP contribution in [0.3, 0.4) is 0 Å². The summed E-state index contributed by atoms with van der Waals surface area (Å²) in [6, 6.07) is 14.6. The predicted octanol–water partition coefficient (Wildman–Crippen LogP) is 3.03. The van der Waals surface area contributed by atoms with Crippen molar-refractivity contribution >= 4 is 0 Å². The third-order valence-corrected chi connectivity index (χ3v) is 2.70. The van der Waals surface area contributed by atoms with E-state index in [1.807, 2.05) is 43.3 Å². The van der Waals surface area contributed by atoms with Crippen LogP contribution in [0.25, 0.3) is 11.1 Å². The summed E-state index contributed by atoms with van der Waals surface area (Å²) in [4.78, 5) is 11.9. The molecule has 0 aliphatic heterocycles. The van der Waals surface area contributed by atoms with E-state index in [1.54, 1.807) is 19.2 Å². The second-order valence-electron chi connectivity index (χ2n) is 3.84. The Labute approximate surface area is 101 Å². The summed E-state index contributed by atoms with van der Waals surface area (Å²) in [5, 5.41) is 0. The van der Waals surface area contributed by atoms with Gasteiger partial charge in [0.05, 0.1) is 7.11 Å². The lowest BCUT2D eigenvalue weighted by atomic mass is 10.0. The van der Waals surface area contributed by atoms with E-state index >= 15 is 0 Å². The minimum atomic E-state index is -0.00102. The van der Waals surface area contributed by atoms with Crippen molar-refractivity contribution in [1.29, 1.82) is 0 Å². The Hall–Kier alpha value is -2.09. The van der Waals surface area contributed by atoms with Gasteiger partial charge in [-0.05, 0) is 18.6 Å². The quantitative estimate of drug-likeness (QED) is 0.786. The van der Waals surface area contributed by atoms with Crippen molar-refractivity contribution in [3.8, 4) is 16.9 Å². The lowest BCUT2D eigenvalue weighted by molar-refractivity contribution is 0.413. The molecule has 0 fully saturated rings. The summed E-state index contributed by atoms with van der Waals surface area (Å²) >= 11 is 0. The van der Waals surface area contributed by atoms with Gasteiger partial charge in [0.15, 0.2) is 5.43 Å². The molecule has 0 atom stereocenters. The van der Waals surface area contributed by atoms with Crippen molar-refractivity contribution in [2.45, 2.75) is 6.92 Å². The molecule has 86 valence electrons. The van der Waals surface area contributed by atoms with Gasteiger partial charge in [0.1, 0.15) is 5.75 Å². The predicted molar refractivity (Wildman–Crippen MR) is 69.4 cm³/mol. The van der Waals surface area contributed by atoms with E-state index in [0.717, 1.165) is 16.9 Å². The van der Waals surface area contributed by atoms with E-state index in [9.17, 15) is 4.79 Å². The van der Waals surface area contributed by atoms with E-state index in [4.69, 9.17) is 4.74 Å². The zero-order chi connectivity index (χ0) is 12.3. The first-order chi connectivity index (χ1) is 8.24. The average Bonchev–Trinajstić information content (AvgIpc) is 2.53. The van der Waals surface area contributed by atoms with E-state index in [2.05, 4.69) is 0 Å². The molecule has 2 aromatic rings.